The first-order valence-corrected chi connectivity index (χ1v) is 14.0. The van der Waals surface area contributed by atoms with Crippen molar-refractivity contribution in [2.75, 3.05) is 0 Å². The number of carbonyl (C=O) groups is 1. The Hall–Kier alpha value is -3.64. The Kier molecular flexibility index (Phi) is 7.02. The number of alkyl halides is 1. The van der Waals surface area contributed by atoms with E-state index in [1.54, 1.807) is 0 Å². The van der Waals surface area contributed by atoms with Gasteiger partial charge in [0.05, 0.1) is 34.6 Å². The van der Waals surface area contributed by atoms with Crippen molar-refractivity contribution in [1.82, 2.24) is 19.9 Å². The van der Waals surface area contributed by atoms with Crippen molar-refractivity contribution in [2.45, 2.75) is 73.1 Å². The average Bonchev–Trinajstić information content (AvgIpc) is 3.57. The number of allylic oxidation sites excluding steroid dienone is 3. The van der Waals surface area contributed by atoms with Crippen molar-refractivity contribution in [3.05, 3.63) is 68.8 Å². The number of aromatic amines is 2. The maximum Gasteiger partial charge on any atom is 0.305 e. The number of hydrogen-bond donors (Lipinski definition) is 3. The quantitative estimate of drug-likeness (QED) is 0.285. The zero-order valence-corrected chi connectivity index (χ0v) is 24.4. The number of aliphatic carboxylic acids is 1. The first kappa shape index (κ1) is 26.9. The molecule has 0 aromatic carbocycles. The molecule has 2 aliphatic rings. The largest absolute Gasteiger partial charge is 0.481 e. The smallest absolute Gasteiger partial charge is 0.305 e. The summed E-state index contributed by atoms with van der Waals surface area (Å²) in [6.07, 6.45) is 3.68. The molecule has 3 N–H and O–H groups in total. The minimum absolute atomic E-state index is 0.186. The number of hydrogen-bond acceptors (Lipinski definition) is 3. The lowest BCUT2D eigenvalue weighted by atomic mass is 9.97. The van der Waals surface area contributed by atoms with Gasteiger partial charge in [0.1, 0.15) is 0 Å². The molecule has 6 nitrogen and oxygen atoms in total. The molecule has 5 heterocycles. The summed E-state index contributed by atoms with van der Waals surface area (Å²) >= 11 is 6.74. The molecular weight excluding hydrogens is 508 g/mol. The molecule has 0 amide bonds. The predicted molar refractivity (Wildman–Crippen MR) is 162 cm³/mol. The van der Waals surface area contributed by atoms with Gasteiger partial charge in [-0.05, 0) is 105 Å². The Morgan fingerprint density at radius 2 is 1.41 bits per heavy atom. The maximum atomic E-state index is 11.6. The van der Waals surface area contributed by atoms with Crippen molar-refractivity contribution >= 4 is 62.4 Å². The fraction of sp³-hybridized carbons (Fsp3) is 0.344. The molecule has 0 fully saturated rings. The monoisotopic (exact) mass is 542 g/mol. The van der Waals surface area contributed by atoms with Gasteiger partial charge >= 0.3 is 5.97 Å². The third kappa shape index (κ3) is 4.61. The number of halogens is 1. The van der Waals surface area contributed by atoms with E-state index in [-0.39, 0.29) is 6.42 Å². The van der Waals surface area contributed by atoms with Crippen LogP contribution >= 0.6 is 11.6 Å². The highest BCUT2D eigenvalue weighted by Gasteiger charge is 2.28. The summed E-state index contributed by atoms with van der Waals surface area (Å²) in [6.45, 7) is 14.7. The van der Waals surface area contributed by atoms with E-state index < -0.39 is 11.3 Å². The number of rotatable bonds is 5. The second-order valence-electron chi connectivity index (χ2n) is 10.5. The second-order valence-corrected chi connectivity index (χ2v) is 11.1. The van der Waals surface area contributed by atoms with Crippen molar-refractivity contribution < 1.29 is 9.90 Å². The molecule has 7 heteroatoms. The first-order valence-electron chi connectivity index (χ1n) is 13.5. The van der Waals surface area contributed by atoms with E-state index >= 15 is 0 Å². The van der Waals surface area contributed by atoms with Crippen molar-refractivity contribution in [2.24, 2.45) is 0 Å². The van der Waals surface area contributed by atoms with Gasteiger partial charge in [-0.25, -0.2) is 9.97 Å². The lowest BCUT2D eigenvalue weighted by Gasteiger charge is -2.12. The van der Waals surface area contributed by atoms with Crippen molar-refractivity contribution in [1.29, 1.82) is 0 Å². The number of fused-ring (bicyclic) bond motifs is 8. The molecule has 1 atom stereocenters. The van der Waals surface area contributed by atoms with Crippen LogP contribution in [0.1, 0.15) is 84.7 Å². The highest BCUT2D eigenvalue weighted by atomic mass is 35.5. The van der Waals surface area contributed by atoms with Crippen LogP contribution in [0, 0.1) is 20.8 Å². The normalized spacial score (nSPS) is 14.1. The number of carboxylic acid groups (broad SMARTS) is 1. The number of nitrogens with one attached hydrogen (secondary N) is 2. The van der Waals surface area contributed by atoms with Crippen LogP contribution in [0.2, 0.25) is 0 Å². The summed E-state index contributed by atoms with van der Waals surface area (Å²) in [5, 5.41) is 8.80. The fourth-order valence-corrected chi connectivity index (χ4v) is 6.25. The third-order valence-corrected chi connectivity index (χ3v) is 8.51. The summed E-state index contributed by atoms with van der Waals surface area (Å²) in [6, 6.07) is 6.40. The Balaban J connectivity index is 1.97. The van der Waals surface area contributed by atoms with Crippen LogP contribution in [-0.2, 0) is 17.6 Å². The second kappa shape index (κ2) is 10.2. The Labute approximate surface area is 233 Å². The van der Waals surface area contributed by atoms with Crippen LogP contribution in [-0.4, -0.2) is 36.4 Å². The number of nitrogens with zero attached hydrogens (tertiary/aromatic N) is 2. The van der Waals surface area contributed by atoms with Gasteiger partial charge in [0.15, 0.2) is 0 Å². The van der Waals surface area contributed by atoms with Gasteiger partial charge in [0, 0.05) is 33.2 Å². The average molecular weight is 543 g/mol. The molecule has 0 radical (unpaired) electrons. The Morgan fingerprint density at radius 3 is 2.00 bits per heavy atom. The molecule has 0 spiro atoms. The van der Waals surface area contributed by atoms with Crippen LogP contribution in [0.4, 0.5) is 0 Å². The van der Waals surface area contributed by atoms with Crippen molar-refractivity contribution in [3.8, 4) is 0 Å². The Bertz CT molecular complexity index is 1750. The van der Waals surface area contributed by atoms with E-state index in [4.69, 9.17) is 21.6 Å². The number of H-pyrrole nitrogens is 2. The minimum Gasteiger partial charge on any atom is -0.481 e. The third-order valence-electron chi connectivity index (χ3n) is 8.14. The van der Waals surface area contributed by atoms with Gasteiger partial charge in [-0.15, -0.1) is 11.6 Å². The van der Waals surface area contributed by atoms with E-state index in [2.05, 4.69) is 68.9 Å². The molecule has 202 valence electrons. The lowest BCUT2D eigenvalue weighted by Crippen LogP contribution is -2.10. The maximum absolute atomic E-state index is 11.6. The molecule has 3 aromatic rings. The number of carboxylic acids is 1. The minimum atomic E-state index is -0.942. The highest BCUT2D eigenvalue weighted by molar-refractivity contribution is 6.29. The standard InChI is InChI=1S/C32H35ClN4O2/c1-8-20-17(5)26-14-29-21(9-2)16(4)25(35-29)13-27-18(6)31(22(33)11-30(38)39)32(37-27)19(7)24-10-15(3)23(34-24)12-28(20)36-26/h10,12-14,22,35-36H,8-9,11H2,1-7H3,(H,38,39). The summed E-state index contributed by atoms with van der Waals surface area (Å²) in [5.41, 5.74) is 16.0. The van der Waals surface area contributed by atoms with E-state index in [0.717, 1.165) is 74.3 Å². The van der Waals surface area contributed by atoms with E-state index in [0.29, 0.717) is 5.69 Å². The molecule has 0 aliphatic carbocycles. The van der Waals surface area contributed by atoms with Crippen LogP contribution in [0.25, 0.3) is 44.9 Å². The van der Waals surface area contributed by atoms with Crippen LogP contribution < -0.4 is 0 Å². The van der Waals surface area contributed by atoms with E-state index in [1.807, 2.05) is 13.8 Å². The van der Waals surface area contributed by atoms with Gasteiger partial charge in [-0.1, -0.05) is 13.8 Å². The first-order chi connectivity index (χ1) is 18.5. The number of aromatic nitrogens is 4. The fourth-order valence-electron chi connectivity index (χ4n) is 5.86. The highest BCUT2D eigenvalue weighted by Crippen LogP contribution is 2.39. The topological polar surface area (TPSA) is 94.7 Å². The summed E-state index contributed by atoms with van der Waals surface area (Å²) in [5.74, 6) is -0.942. The molecule has 1 unspecified atom stereocenters. The summed E-state index contributed by atoms with van der Waals surface area (Å²) < 4.78 is 0. The zero-order valence-electron chi connectivity index (χ0n) is 23.6. The van der Waals surface area contributed by atoms with Gasteiger partial charge in [-0.2, -0.15) is 0 Å². The van der Waals surface area contributed by atoms with Gasteiger partial charge in [0.2, 0.25) is 0 Å². The van der Waals surface area contributed by atoms with Gasteiger partial charge < -0.3 is 15.1 Å². The molecule has 3 aromatic heterocycles. The van der Waals surface area contributed by atoms with E-state index in [1.165, 1.54) is 22.3 Å². The Morgan fingerprint density at radius 1 is 0.846 bits per heavy atom. The van der Waals surface area contributed by atoms with Gasteiger partial charge in [-0.3, -0.25) is 4.79 Å². The van der Waals surface area contributed by atoms with Crippen LogP contribution in [0.5, 0.6) is 0 Å². The lowest BCUT2D eigenvalue weighted by molar-refractivity contribution is -0.136. The summed E-state index contributed by atoms with van der Waals surface area (Å²) in [7, 11) is 0. The van der Waals surface area contributed by atoms with E-state index in [9.17, 15) is 9.90 Å². The van der Waals surface area contributed by atoms with Gasteiger partial charge in [0.25, 0.3) is 0 Å². The molecule has 5 rings (SSSR count). The molecule has 8 bridgehead atoms. The zero-order chi connectivity index (χ0) is 28.2. The molecular formula is C32H35ClN4O2. The molecule has 0 saturated heterocycles. The van der Waals surface area contributed by atoms with Crippen LogP contribution in [0.3, 0.4) is 0 Å². The van der Waals surface area contributed by atoms with Crippen LogP contribution in [0.15, 0.2) is 18.2 Å². The predicted octanol–water partition coefficient (Wildman–Crippen LogP) is 7.94. The molecule has 0 saturated carbocycles. The summed E-state index contributed by atoms with van der Waals surface area (Å²) in [4.78, 5) is 29.0. The SMILES string of the molecule is CCc1c(C)c2cc3[nH]c(cc4nc(c(C)c5nc(cc1[nH]2)C(C)=C5)C(C(Cl)CC(=O)O)=C4C)c(C)c3CC. The molecule has 2 aliphatic heterocycles. The van der Waals surface area contributed by atoms with Crippen molar-refractivity contribution in [3.63, 3.8) is 0 Å². The molecule has 39 heavy (non-hydrogen) atoms. The number of aryl methyl sites for hydroxylation is 4.